The molecule has 0 saturated heterocycles. The monoisotopic (exact) mass is 315 g/mol. The van der Waals surface area contributed by atoms with Gasteiger partial charge in [-0.1, -0.05) is 36.7 Å². The minimum atomic E-state index is -0.403. The van der Waals surface area contributed by atoms with Crippen LogP contribution in [0.4, 0.5) is 0 Å². The Morgan fingerprint density at radius 1 is 1.39 bits per heavy atom. The van der Waals surface area contributed by atoms with Crippen LogP contribution in [0.1, 0.15) is 32.8 Å². The first-order chi connectivity index (χ1) is 8.52. The van der Waals surface area contributed by atoms with E-state index in [9.17, 15) is 5.11 Å². The number of rotatable bonds is 7. The van der Waals surface area contributed by atoms with E-state index in [2.05, 4.69) is 35.1 Å². The van der Waals surface area contributed by atoms with Gasteiger partial charge in [-0.15, -0.1) is 0 Å². The first-order valence-electron chi connectivity index (χ1n) is 6.35. The quantitative estimate of drug-likeness (QED) is 0.812. The van der Waals surface area contributed by atoms with Gasteiger partial charge in [0.2, 0.25) is 0 Å². The second-order valence-electron chi connectivity index (χ2n) is 4.66. The molecule has 0 bridgehead atoms. The number of aliphatic hydroxyl groups is 1. The van der Waals surface area contributed by atoms with E-state index in [4.69, 9.17) is 4.74 Å². The lowest BCUT2D eigenvalue weighted by Gasteiger charge is -2.16. The molecule has 1 aromatic carbocycles. The summed E-state index contributed by atoms with van der Waals surface area (Å²) in [5, 5.41) is 12.9. The summed E-state index contributed by atoms with van der Waals surface area (Å²) in [5.74, 6) is 0.832. The molecule has 3 nitrogen and oxygen atoms in total. The molecule has 0 aliphatic carbocycles. The van der Waals surface area contributed by atoms with Gasteiger partial charge in [-0.2, -0.15) is 0 Å². The molecule has 1 atom stereocenters. The third-order valence-corrected chi connectivity index (χ3v) is 3.12. The van der Waals surface area contributed by atoms with Gasteiger partial charge >= 0.3 is 0 Å². The van der Waals surface area contributed by atoms with E-state index in [0.29, 0.717) is 19.1 Å². The molecule has 18 heavy (non-hydrogen) atoms. The molecule has 2 N–H and O–H groups in total. The van der Waals surface area contributed by atoms with Crippen molar-refractivity contribution in [2.45, 2.75) is 45.9 Å². The highest BCUT2D eigenvalue weighted by molar-refractivity contribution is 9.10. The van der Waals surface area contributed by atoms with Gasteiger partial charge in [0.25, 0.3) is 0 Å². The maximum absolute atomic E-state index is 9.53. The number of aliphatic hydroxyl groups excluding tert-OH is 1. The fourth-order valence-corrected chi connectivity index (χ4v) is 1.85. The normalized spacial score (nSPS) is 12.8. The Hall–Kier alpha value is -0.580. The van der Waals surface area contributed by atoms with Crippen LogP contribution in [0.3, 0.4) is 0 Å². The van der Waals surface area contributed by atoms with Crippen molar-refractivity contribution < 1.29 is 9.84 Å². The Morgan fingerprint density at radius 3 is 2.72 bits per heavy atom. The van der Waals surface area contributed by atoms with Gasteiger partial charge in [0.15, 0.2) is 0 Å². The van der Waals surface area contributed by atoms with Crippen molar-refractivity contribution in [2.75, 3.05) is 6.61 Å². The first-order valence-corrected chi connectivity index (χ1v) is 7.15. The number of ether oxygens (including phenoxy) is 1. The Kier molecular flexibility index (Phi) is 6.68. The smallest absolute Gasteiger partial charge is 0.124 e. The molecule has 0 heterocycles. The molecule has 0 aliphatic heterocycles. The fraction of sp³-hybridized carbons (Fsp3) is 0.571. The van der Waals surface area contributed by atoms with Crippen LogP contribution in [-0.4, -0.2) is 23.9 Å². The van der Waals surface area contributed by atoms with Crippen LogP contribution in [0.15, 0.2) is 22.7 Å². The second-order valence-corrected chi connectivity index (χ2v) is 5.58. The molecule has 0 aliphatic rings. The van der Waals surface area contributed by atoms with Gasteiger partial charge in [0.1, 0.15) is 12.4 Å². The fourth-order valence-electron chi connectivity index (χ4n) is 1.44. The number of nitrogens with one attached hydrogen (secondary N) is 1. The molecule has 0 fully saturated rings. The molecule has 0 spiro atoms. The van der Waals surface area contributed by atoms with Crippen LogP contribution < -0.4 is 10.1 Å². The van der Waals surface area contributed by atoms with Crippen LogP contribution in [0.5, 0.6) is 5.75 Å². The molecule has 1 unspecified atom stereocenters. The van der Waals surface area contributed by atoms with Gasteiger partial charge in [-0.05, 0) is 24.6 Å². The van der Waals surface area contributed by atoms with Crippen LogP contribution in [0.25, 0.3) is 0 Å². The third-order valence-electron chi connectivity index (χ3n) is 2.63. The Labute approximate surface area is 118 Å². The summed E-state index contributed by atoms with van der Waals surface area (Å²) in [6.45, 7) is 7.26. The van der Waals surface area contributed by atoms with E-state index in [1.54, 1.807) is 0 Å². The summed E-state index contributed by atoms with van der Waals surface area (Å²) in [7, 11) is 0. The lowest BCUT2D eigenvalue weighted by molar-refractivity contribution is 0.104. The maximum atomic E-state index is 9.53. The summed E-state index contributed by atoms with van der Waals surface area (Å²) >= 11 is 3.46. The average Bonchev–Trinajstić information content (AvgIpc) is 2.34. The van der Waals surface area contributed by atoms with Gasteiger partial charge in [0, 0.05) is 22.6 Å². The van der Waals surface area contributed by atoms with Crippen molar-refractivity contribution in [3.05, 3.63) is 28.2 Å². The lowest BCUT2D eigenvalue weighted by atomic mass is 10.2. The van der Waals surface area contributed by atoms with Crippen LogP contribution in [0, 0.1) is 0 Å². The number of hydrogen-bond acceptors (Lipinski definition) is 3. The number of halogens is 1. The molecule has 4 heteroatoms. The Balaban J connectivity index is 2.69. The van der Waals surface area contributed by atoms with Gasteiger partial charge in [0.05, 0.1) is 6.10 Å². The highest BCUT2D eigenvalue weighted by Crippen LogP contribution is 2.23. The zero-order valence-electron chi connectivity index (χ0n) is 11.2. The van der Waals surface area contributed by atoms with Crippen molar-refractivity contribution in [3.8, 4) is 5.75 Å². The standard InChI is InChI=1S/C14H22BrNO2/c1-4-13(17)9-18-14-6-5-12(15)7-11(14)8-16-10(2)3/h5-7,10,13,16-17H,4,8-9H2,1-3H3. The van der Waals surface area contributed by atoms with Gasteiger partial charge in [-0.25, -0.2) is 0 Å². The summed E-state index contributed by atoms with van der Waals surface area (Å²) in [5.41, 5.74) is 1.10. The van der Waals surface area contributed by atoms with E-state index in [-0.39, 0.29) is 0 Å². The summed E-state index contributed by atoms with van der Waals surface area (Å²) in [6, 6.07) is 6.36. The molecular formula is C14H22BrNO2. The largest absolute Gasteiger partial charge is 0.491 e. The van der Waals surface area contributed by atoms with Crippen LogP contribution in [0.2, 0.25) is 0 Å². The molecule has 0 amide bonds. The van der Waals surface area contributed by atoms with Crippen molar-refractivity contribution in [2.24, 2.45) is 0 Å². The lowest BCUT2D eigenvalue weighted by Crippen LogP contribution is -2.23. The predicted octanol–water partition coefficient (Wildman–Crippen LogP) is 3.10. The van der Waals surface area contributed by atoms with Gasteiger partial charge in [-0.3, -0.25) is 0 Å². The summed E-state index contributed by atoms with van der Waals surface area (Å²) in [6.07, 6.45) is 0.301. The van der Waals surface area contributed by atoms with Crippen molar-refractivity contribution in [3.63, 3.8) is 0 Å². The van der Waals surface area contributed by atoms with Crippen molar-refractivity contribution in [1.29, 1.82) is 0 Å². The molecule has 1 rings (SSSR count). The topological polar surface area (TPSA) is 41.5 Å². The van der Waals surface area contributed by atoms with E-state index >= 15 is 0 Å². The predicted molar refractivity (Wildman–Crippen MR) is 77.9 cm³/mol. The number of hydrogen-bond donors (Lipinski definition) is 2. The van der Waals surface area contributed by atoms with Gasteiger partial charge < -0.3 is 15.2 Å². The van der Waals surface area contributed by atoms with Crippen LogP contribution >= 0.6 is 15.9 Å². The molecule has 102 valence electrons. The minimum absolute atomic E-state index is 0.340. The SMILES string of the molecule is CCC(O)COc1ccc(Br)cc1CNC(C)C. The number of benzene rings is 1. The summed E-state index contributed by atoms with van der Waals surface area (Å²) in [4.78, 5) is 0. The Morgan fingerprint density at radius 2 is 2.11 bits per heavy atom. The Bertz CT molecular complexity index is 369. The van der Waals surface area contributed by atoms with E-state index < -0.39 is 6.10 Å². The highest BCUT2D eigenvalue weighted by atomic mass is 79.9. The second kappa shape index (κ2) is 7.77. The molecule has 0 aromatic heterocycles. The molecule has 1 aromatic rings. The van der Waals surface area contributed by atoms with E-state index in [1.807, 2.05) is 25.1 Å². The zero-order chi connectivity index (χ0) is 13.5. The third kappa shape index (κ3) is 5.38. The van der Waals surface area contributed by atoms with Crippen molar-refractivity contribution in [1.82, 2.24) is 5.32 Å². The maximum Gasteiger partial charge on any atom is 0.124 e. The van der Waals surface area contributed by atoms with E-state index in [1.165, 1.54) is 0 Å². The zero-order valence-corrected chi connectivity index (χ0v) is 12.8. The van der Waals surface area contributed by atoms with Crippen molar-refractivity contribution >= 4 is 15.9 Å². The van der Waals surface area contributed by atoms with Crippen LogP contribution in [-0.2, 0) is 6.54 Å². The highest BCUT2D eigenvalue weighted by Gasteiger charge is 2.08. The molecular weight excluding hydrogens is 294 g/mol. The molecule has 0 saturated carbocycles. The molecule has 0 radical (unpaired) electrons. The average molecular weight is 316 g/mol. The first kappa shape index (κ1) is 15.5. The van der Waals surface area contributed by atoms with E-state index in [0.717, 1.165) is 22.3 Å². The summed E-state index contributed by atoms with van der Waals surface area (Å²) < 4.78 is 6.70. The minimum Gasteiger partial charge on any atom is -0.491 e.